The van der Waals surface area contributed by atoms with Gasteiger partial charge in [0, 0.05) is 11.8 Å². The fraction of sp³-hybridized carbons (Fsp3) is 0.0769. The zero-order valence-electron chi connectivity index (χ0n) is 10.2. The summed E-state index contributed by atoms with van der Waals surface area (Å²) in [6.45, 7) is -0.163. The van der Waals surface area contributed by atoms with Crippen LogP contribution in [-0.4, -0.2) is 25.8 Å². The number of pyridine rings is 1. The standard InChI is InChI=1S/C13H10N2O5/c16-7-9-2-3-10(19-9)8-1-4-11-14-12(20-13(17)18)6-15(11)5-8/h1-6,16H,7H2,(H,17,18). The number of fused-ring (bicyclic) bond motifs is 1. The van der Waals surface area contributed by atoms with Crippen molar-refractivity contribution in [1.82, 2.24) is 9.38 Å². The van der Waals surface area contributed by atoms with Gasteiger partial charge in [0.15, 0.2) is 0 Å². The summed E-state index contributed by atoms with van der Waals surface area (Å²) < 4.78 is 11.6. The van der Waals surface area contributed by atoms with Crippen molar-refractivity contribution in [2.75, 3.05) is 0 Å². The fourth-order valence-corrected chi connectivity index (χ4v) is 1.87. The predicted octanol–water partition coefficient (Wildman–Crippen LogP) is 2.14. The molecule has 20 heavy (non-hydrogen) atoms. The molecule has 0 aliphatic heterocycles. The van der Waals surface area contributed by atoms with Crippen LogP contribution in [-0.2, 0) is 6.61 Å². The van der Waals surface area contributed by atoms with E-state index >= 15 is 0 Å². The van der Waals surface area contributed by atoms with Gasteiger partial charge in [0.1, 0.15) is 23.8 Å². The van der Waals surface area contributed by atoms with E-state index in [1.165, 1.54) is 6.20 Å². The highest BCUT2D eigenvalue weighted by Crippen LogP contribution is 2.23. The number of carbonyl (C=O) groups is 1. The topological polar surface area (TPSA) is 97.2 Å². The van der Waals surface area contributed by atoms with Gasteiger partial charge >= 0.3 is 6.16 Å². The molecule has 0 atom stereocenters. The summed E-state index contributed by atoms with van der Waals surface area (Å²) in [4.78, 5) is 14.5. The fourth-order valence-electron chi connectivity index (χ4n) is 1.87. The average Bonchev–Trinajstić information content (AvgIpc) is 3.02. The number of hydrogen-bond donors (Lipinski definition) is 2. The van der Waals surface area contributed by atoms with Crippen LogP contribution in [0.4, 0.5) is 4.79 Å². The summed E-state index contributed by atoms with van der Waals surface area (Å²) in [6, 6.07) is 6.93. The number of aliphatic hydroxyl groups excluding tert-OH is 1. The lowest BCUT2D eigenvalue weighted by Crippen LogP contribution is -2.02. The van der Waals surface area contributed by atoms with Crippen LogP contribution < -0.4 is 4.74 Å². The van der Waals surface area contributed by atoms with Gasteiger partial charge < -0.3 is 23.8 Å². The van der Waals surface area contributed by atoms with Crippen molar-refractivity contribution in [2.45, 2.75) is 6.61 Å². The Morgan fingerprint density at radius 3 is 2.85 bits per heavy atom. The van der Waals surface area contributed by atoms with Gasteiger partial charge in [-0.15, -0.1) is 0 Å². The van der Waals surface area contributed by atoms with Crippen LogP contribution in [0.1, 0.15) is 5.76 Å². The molecule has 0 aliphatic carbocycles. The maximum atomic E-state index is 10.5. The molecule has 0 amide bonds. The van der Waals surface area contributed by atoms with Crippen molar-refractivity contribution < 1.29 is 24.2 Å². The normalized spacial score (nSPS) is 10.8. The van der Waals surface area contributed by atoms with E-state index in [0.29, 0.717) is 17.2 Å². The van der Waals surface area contributed by atoms with Gasteiger partial charge in [0.25, 0.3) is 0 Å². The SMILES string of the molecule is O=C(O)Oc1cn2cc(-c3ccc(CO)o3)ccc2n1. The lowest BCUT2D eigenvalue weighted by Gasteiger charge is -1.98. The van der Waals surface area contributed by atoms with Crippen LogP contribution in [0.25, 0.3) is 17.0 Å². The molecule has 0 spiro atoms. The van der Waals surface area contributed by atoms with Crippen LogP contribution in [0.15, 0.2) is 41.1 Å². The number of ether oxygens (including phenoxy) is 1. The van der Waals surface area contributed by atoms with E-state index in [1.54, 1.807) is 34.9 Å². The monoisotopic (exact) mass is 274 g/mol. The predicted molar refractivity (Wildman–Crippen MR) is 67.5 cm³/mol. The summed E-state index contributed by atoms with van der Waals surface area (Å²) in [7, 11) is 0. The Kier molecular flexibility index (Phi) is 2.88. The molecule has 3 rings (SSSR count). The summed E-state index contributed by atoms with van der Waals surface area (Å²) in [5.41, 5.74) is 1.33. The molecule has 3 aromatic heterocycles. The van der Waals surface area contributed by atoms with Crippen molar-refractivity contribution in [2.24, 2.45) is 0 Å². The summed E-state index contributed by atoms with van der Waals surface area (Å²) in [6.07, 6.45) is 1.78. The number of aliphatic hydroxyl groups is 1. The van der Waals surface area contributed by atoms with E-state index in [4.69, 9.17) is 14.6 Å². The maximum Gasteiger partial charge on any atom is 0.512 e. The second kappa shape index (κ2) is 4.71. The highest BCUT2D eigenvalue weighted by atomic mass is 16.7. The lowest BCUT2D eigenvalue weighted by molar-refractivity contribution is 0.143. The highest BCUT2D eigenvalue weighted by Gasteiger charge is 2.09. The van der Waals surface area contributed by atoms with Crippen LogP contribution in [0.5, 0.6) is 5.88 Å². The van der Waals surface area contributed by atoms with Gasteiger partial charge in [-0.1, -0.05) is 0 Å². The molecule has 3 heterocycles. The Balaban J connectivity index is 1.99. The third kappa shape index (κ3) is 2.21. The molecule has 0 radical (unpaired) electrons. The Hall–Kier alpha value is -2.80. The van der Waals surface area contributed by atoms with Gasteiger partial charge in [-0.25, -0.2) is 4.79 Å². The second-order valence-electron chi connectivity index (χ2n) is 4.05. The van der Waals surface area contributed by atoms with E-state index in [0.717, 1.165) is 5.56 Å². The number of hydrogen-bond acceptors (Lipinski definition) is 5. The van der Waals surface area contributed by atoms with Crippen molar-refractivity contribution >= 4 is 11.8 Å². The zero-order valence-corrected chi connectivity index (χ0v) is 10.2. The number of aromatic nitrogens is 2. The molecule has 0 bridgehead atoms. The molecule has 2 N–H and O–H groups in total. The Bertz CT molecular complexity index is 774. The van der Waals surface area contributed by atoms with Gasteiger partial charge in [-0.2, -0.15) is 4.98 Å². The van der Waals surface area contributed by atoms with Gasteiger partial charge in [-0.05, 0) is 24.3 Å². The first kappa shape index (κ1) is 12.2. The van der Waals surface area contributed by atoms with Crippen LogP contribution in [0, 0.1) is 0 Å². The minimum Gasteiger partial charge on any atom is -0.459 e. The Labute approximate surface area is 112 Å². The molecule has 102 valence electrons. The van der Waals surface area contributed by atoms with Crippen molar-refractivity contribution in [3.05, 3.63) is 42.4 Å². The lowest BCUT2D eigenvalue weighted by atomic mass is 10.2. The average molecular weight is 274 g/mol. The number of carboxylic acid groups (broad SMARTS) is 1. The molecule has 3 aromatic rings. The summed E-state index contributed by atoms with van der Waals surface area (Å²) >= 11 is 0. The number of furan rings is 1. The van der Waals surface area contributed by atoms with Crippen LogP contribution >= 0.6 is 0 Å². The van der Waals surface area contributed by atoms with Crippen LogP contribution in [0.2, 0.25) is 0 Å². The minimum absolute atomic E-state index is 0.00476. The number of nitrogens with zero attached hydrogens (tertiary/aromatic N) is 2. The first-order valence-electron chi connectivity index (χ1n) is 5.75. The van der Waals surface area contributed by atoms with E-state index in [9.17, 15) is 4.79 Å². The first-order chi connectivity index (χ1) is 9.65. The third-order valence-electron chi connectivity index (χ3n) is 2.72. The van der Waals surface area contributed by atoms with Crippen molar-refractivity contribution in [3.63, 3.8) is 0 Å². The molecular weight excluding hydrogens is 264 g/mol. The Morgan fingerprint density at radius 2 is 2.15 bits per heavy atom. The summed E-state index contributed by atoms with van der Waals surface area (Å²) in [5, 5.41) is 17.5. The van der Waals surface area contributed by atoms with Gasteiger partial charge in [0.2, 0.25) is 5.88 Å². The zero-order chi connectivity index (χ0) is 14.1. The molecule has 0 fully saturated rings. The van der Waals surface area contributed by atoms with E-state index in [1.807, 2.05) is 0 Å². The molecule has 0 unspecified atom stereocenters. The number of imidazole rings is 1. The van der Waals surface area contributed by atoms with Crippen molar-refractivity contribution in [3.8, 4) is 17.2 Å². The summed E-state index contributed by atoms with van der Waals surface area (Å²) in [5.74, 6) is 1.08. The molecule has 7 heteroatoms. The third-order valence-corrected chi connectivity index (χ3v) is 2.72. The van der Waals surface area contributed by atoms with Crippen LogP contribution in [0.3, 0.4) is 0 Å². The maximum absolute atomic E-state index is 10.5. The number of rotatable bonds is 3. The van der Waals surface area contributed by atoms with E-state index in [-0.39, 0.29) is 12.5 Å². The molecule has 0 aliphatic rings. The highest BCUT2D eigenvalue weighted by molar-refractivity contribution is 5.62. The minimum atomic E-state index is -1.41. The first-order valence-corrected chi connectivity index (χ1v) is 5.75. The van der Waals surface area contributed by atoms with E-state index < -0.39 is 6.16 Å². The molecular formula is C13H10N2O5. The van der Waals surface area contributed by atoms with Crippen molar-refractivity contribution in [1.29, 1.82) is 0 Å². The molecule has 7 nitrogen and oxygen atoms in total. The smallest absolute Gasteiger partial charge is 0.459 e. The largest absolute Gasteiger partial charge is 0.512 e. The Morgan fingerprint density at radius 1 is 1.30 bits per heavy atom. The molecule has 0 aromatic carbocycles. The molecule has 0 saturated carbocycles. The van der Waals surface area contributed by atoms with Gasteiger partial charge in [-0.3, -0.25) is 0 Å². The second-order valence-corrected chi connectivity index (χ2v) is 4.05. The molecule has 0 saturated heterocycles. The van der Waals surface area contributed by atoms with Gasteiger partial charge in [0.05, 0.1) is 6.20 Å². The van der Waals surface area contributed by atoms with E-state index in [2.05, 4.69) is 9.72 Å². The quantitative estimate of drug-likeness (QED) is 0.710.